The predicted molar refractivity (Wildman–Crippen MR) is 71.7 cm³/mol. The summed E-state index contributed by atoms with van der Waals surface area (Å²) in [6, 6.07) is 6.70. The monoisotopic (exact) mass is 255 g/mol. The fraction of sp³-hybridized carbons (Fsp3) is 0.600. The highest BCUT2D eigenvalue weighted by atomic mass is 19.3. The molecule has 0 unspecified atom stereocenters. The van der Waals surface area contributed by atoms with Crippen LogP contribution in [0.15, 0.2) is 24.3 Å². The molecule has 0 radical (unpaired) electrons. The lowest BCUT2D eigenvalue weighted by Crippen LogP contribution is -2.26. The minimum atomic E-state index is -2.77. The number of nitrogens with two attached hydrogens (primary N) is 1. The third kappa shape index (κ3) is 3.52. The van der Waals surface area contributed by atoms with Crippen molar-refractivity contribution in [1.82, 2.24) is 0 Å². The molecule has 0 atom stereocenters. The first kappa shape index (κ1) is 15.1. The summed E-state index contributed by atoms with van der Waals surface area (Å²) >= 11 is 0. The van der Waals surface area contributed by atoms with Gasteiger partial charge in [0.1, 0.15) is 0 Å². The number of hydrogen-bond acceptors (Lipinski definition) is 1. The molecule has 102 valence electrons. The van der Waals surface area contributed by atoms with Gasteiger partial charge in [-0.2, -0.15) is 0 Å². The zero-order chi connectivity index (χ0) is 14.0. The number of halogens is 2. The van der Waals surface area contributed by atoms with E-state index in [1.54, 1.807) is 12.1 Å². The zero-order valence-electron chi connectivity index (χ0n) is 11.6. The molecule has 0 fully saturated rings. The van der Waals surface area contributed by atoms with Gasteiger partial charge in [-0.1, -0.05) is 45.9 Å². The van der Waals surface area contributed by atoms with Gasteiger partial charge in [0, 0.05) is 11.5 Å². The first-order valence-corrected chi connectivity index (χ1v) is 6.36. The molecule has 0 bridgehead atoms. The third-order valence-corrected chi connectivity index (χ3v) is 3.27. The number of rotatable bonds is 5. The molecule has 0 saturated heterocycles. The lowest BCUT2D eigenvalue weighted by molar-refractivity contribution is -0.0514. The molecule has 1 nitrogen and oxygen atoms in total. The molecule has 3 heteroatoms. The largest absolute Gasteiger partial charge is 0.330 e. The molecule has 0 aromatic heterocycles. The predicted octanol–water partition coefficient (Wildman–Crippen LogP) is 3.96. The first-order valence-electron chi connectivity index (χ1n) is 6.36. The third-order valence-electron chi connectivity index (χ3n) is 3.27. The van der Waals surface area contributed by atoms with Crippen LogP contribution in [-0.4, -0.2) is 6.54 Å². The fourth-order valence-corrected chi connectivity index (χ4v) is 1.85. The molecule has 2 N–H and O–H groups in total. The van der Waals surface area contributed by atoms with Gasteiger partial charge in [-0.15, -0.1) is 0 Å². The molecule has 0 saturated carbocycles. The van der Waals surface area contributed by atoms with Crippen LogP contribution in [0.4, 0.5) is 8.78 Å². The van der Waals surface area contributed by atoms with Crippen LogP contribution in [0.3, 0.4) is 0 Å². The summed E-state index contributed by atoms with van der Waals surface area (Å²) in [5.74, 6) is -3.47. The summed E-state index contributed by atoms with van der Waals surface area (Å²) in [4.78, 5) is 0. The highest BCUT2D eigenvalue weighted by molar-refractivity contribution is 5.28. The Kier molecular flexibility index (Phi) is 4.49. The summed E-state index contributed by atoms with van der Waals surface area (Å²) in [6.07, 6.45) is 0.714. The van der Waals surface area contributed by atoms with E-state index in [1.165, 1.54) is 19.9 Å². The molecule has 0 aliphatic carbocycles. The Balaban J connectivity index is 3.00. The summed E-state index contributed by atoms with van der Waals surface area (Å²) in [5, 5.41) is 0. The van der Waals surface area contributed by atoms with Crippen LogP contribution in [0.5, 0.6) is 0 Å². The van der Waals surface area contributed by atoms with E-state index in [-0.39, 0.29) is 11.0 Å². The smallest absolute Gasteiger partial charge is 0.275 e. The van der Waals surface area contributed by atoms with Crippen molar-refractivity contribution in [3.8, 4) is 0 Å². The van der Waals surface area contributed by atoms with E-state index in [0.29, 0.717) is 13.0 Å². The zero-order valence-corrected chi connectivity index (χ0v) is 11.6. The average Bonchev–Trinajstić information content (AvgIpc) is 2.28. The summed E-state index contributed by atoms with van der Waals surface area (Å²) in [5.41, 5.74) is 6.63. The van der Waals surface area contributed by atoms with Crippen LogP contribution in [0.25, 0.3) is 0 Å². The molecule has 1 aromatic carbocycles. The Bertz CT molecular complexity index is 397. The van der Waals surface area contributed by atoms with Gasteiger partial charge in [0.25, 0.3) is 5.92 Å². The molecule has 18 heavy (non-hydrogen) atoms. The van der Waals surface area contributed by atoms with Gasteiger partial charge in [0.05, 0.1) is 0 Å². The Morgan fingerprint density at radius 1 is 1.22 bits per heavy atom. The summed E-state index contributed by atoms with van der Waals surface area (Å²) < 4.78 is 27.9. The summed E-state index contributed by atoms with van der Waals surface area (Å²) in [6.45, 7) is 7.70. The van der Waals surface area contributed by atoms with Gasteiger partial charge < -0.3 is 5.73 Å². The van der Waals surface area contributed by atoms with Gasteiger partial charge in [-0.05, 0) is 30.0 Å². The SMILES string of the molecule is CC(C)C(F)(F)c1cccc(CC(C)(C)CN)c1. The van der Waals surface area contributed by atoms with E-state index < -0.39 is 11.8 Å². The van der Waals surface area contributed by atoms with Crippen molar-refractivity contribution < 1.29 is 8.78 Å². The van der Waals surface area contributed by atoms with Crippen LogP contribution in [0.2, 0.25) is 0 Å². The molecule has 0 aliphatic heterocycles. The molecule has 0 amide bonds. The second kappa shape index (κ2) is 5.35. The van der Waals surface area contributed by atoms with Gasteiger partial charge in [0.2, 0.25) is 0 Å². The minimum absolute atomic E-state index is 0.0638. The Morgan fingerprint density at radius 2 is 1.83 bits per heavy atom. The van der Waals surface area contributed by atoms with Crippen LogP contribution in [-0.2, 0) is 12.3 Å². The normalized spacial score (nSPS) is 13.1. The van der Waals surface area contributed by atoms with Crippen LogP contribution in [0, 0.1) is 11.3 Å². The molecule has 1 aromatic rings. The van der Waals surface area contributed by atoms with Crippen molar-refractivity contribution in [1.29, 1.82) is 0 Å². The van der Waals surface area contributed by atoms with E-state index in [4.69, 9.17) is 5.73 Å². The molecule has 1 rings (SSSR count). The lowest BCUT2D eigenvalue weighted by Gasteiger charge is -2.24. The second-order valence-corrected chi connectivity index (χ2v) is 6.02. The van der Waals surface area contributed by atoms with Crippen LogP contribution < -0.4 is 5.73 Å². The van der Waals surface area contributed by atoms with Crippen molar-refractivity contribution in [2.24, 2.45) is 17.1 Å². The van der Waals surface area contributed by atoms with Gasteiger partial charge in [-0.3, -0.25) is 0 Å². The van der Waals surface area contributed by atoms with Crippen molar-refractivity contribution in [3.05, 3.63) is 35.4 Å². The Morgan fingerprint density at radius 3 is 2.33 bits per heavy atom. The van der Waals surface area contributed by atoms with E-state index >= 15 is 0 Å². The van der Waals surface area contributed by atoms with Crippen LogP contribution >= 0.6 is 0 Å². The van der Waals surface area contributed by atoms with Gasteiger partial charge >= 0.3 is 0 Å². The van der Waals surface area contributed by atoms with E-state index in [0.717, 1.165) is 5.56 Å². The van der Waals surface area contributed by atoms with Crippen molar-refractivity contribution in [2.45, 2.75) is 40.0 Å². The van der Waals surface area contributed by atoms with Crippen molar-refractivity contribution in [2.75, 3.05) is 6.54 Å². The number of benzene rings is 1. The van der Waals surface area contributed by atoms with E-state index in [1.807, 2.05) is 19.9 Å². The standard InChI is InChI=1S/C15H23F2N/c1-11(2)15(16,17)13-7-5-6-12(8-13)9-14(3,4)10-18/h5-8,11H,9-10,18H2,1-4H3. The number of hydrogen-bond donors (Lipinski definition) is 1. The van der Waals surface area contributed by atoms with Crippen LogP contribution in [0.1, 0.15) is 38.8 Å². The number of alkyl halides is 2. The lowest BCUT2D eigenvalue weighted by atomic mass is 9.85. The van der Waals surface area contributed by atoms with Crippen molar-refractivity contribution >= 4 is 0 Å². The highest BCUT2D eigenvalue weighted by Crippen LogP contribution is 2.36. The quantitative estimate of drug-likeness (QED) is 0.846. The first-order chi connectivity index (χ1) is 8.19. The molecule has 0 aliphatic rings. The van der Waals surface area contributed by atoms with E-state index in [9.17, 15) is 8.78 Å². The highest BCUT2D eigenvalue weighted by Gasteiger charge is 2.35. The second-order valence-electron chi connectivity index (χ2n) is 6.02. The maximum Gasteiger partial charge on any atom is 0.275 e. The van der Waals surface area contributed by atoms with Crippen molar-refractivity contribution in [3.63, 3.8) is 0 Å². The van der Waals surface area contributed by atoms with E-state index in [2.05, 4.69) is 0 Å². The Labute approximate surface area is 108 Å². The minimum Gasteiger partial charge on any atom is -0.330 e. The maximum absolute atomic E-state index is 13.9. The van der Waals surface area contributed by atoms with Gasteiger partial charge in [-0.25, -0.2) is 8.78 Å². The average molecular weight is 255 g/mol. The molecular weight excluding hydrogens is 232 g/mol. The molecule has 0 heterocycles. The van der Waals surface area contributed by atoms with Gasteiger partial charge in [0.15, 0.2) is 0 Å². The summed E-state index contributed by atoms with van der Waals surface area (Å²) in [7, 11) is 0. The Hall–Kier alpha value is -0.960. The molecule has 0 spiro atoms. The topological polar surface area (TPSA) is 26.0 Å². The fourth-order valence-electron chi connectivity index (χ4n) is 1.85. The maximum atomic E-state index is 13.9. The molecular formula is C15H23F2N.